The van der Waals surface area contributed by atoms with E-state index in [4.69, 9.17) is 5.11 Å². The number of rotatable bonds is 1. The Bertz CT molecular complexity index is 329. The maximum absolute atomic E-state index is 11.7. The van der Waals surface area contributed by atoms with E-state index >= 15 is 0 Å². The Morgan fingerprint density at radius 1 is 1.44 bits per heavy atom. The van der Waals surface area contributed by atoms with Gasteiger partial charge in [-0.05, 0) is 24.7 Å². The normalized spacial score (nSPS) is 28.4. The number of ketones is 1. The molecule has 1 spiro atoms. The van der Waals surface area contributed by atoms with Crippen molar-refractivity contribution in [2.45, 2.75) is 25.7 Å². The number of carbonyl (C=O) groups excluding carboxylic acids is 1. The lowest BCUT2D eigenvalue weighted by Crippen LogP contribution is -2.44. The van der Waals surface area contributed by atoms with Gasteiger partial charge in [-0.25, -0.2) is 4.79 Å². The number of piperidine rings is 1. The summed E-state index contributed by atoms with van der Waals surface area (Å²) >= 11 is 0. The molecule has 1 amide bonds. The number of carbonyl (C=O) groups is 2. The third-order valence-electron chi connectivity index (χ3n) is 4.14. The molecule has 4 heteroatoms. The fourth-order valence-corrected chi connectivity index (χ4v) is 3.11. The molecular weight excluding hydrogens is 206 g/mol. The highest BCUT2D eigenvalue weighted by molar-refractivity contribution is 5.86. The van der Waals surface area contributed by atoms with Crippen molar-refractivity contribution in [2.24, 2.45) is 11.3 Å². The van der Waals surface area contributed by atoms with Gasteiger partial charge in [0, 0.05) is 25.4 Å². The Balaban J connectivity index is 2.09. The first-order chi connectivity index (χ1) is 7.59. The van der Waals surface area contributed by atoms with Crippen LogP contribution in [0.4, 0.5) is 4.79 Å². The highest BCUT2D eigenvalue weighted by Gasteiger charge is 2.48. The highest BCUT2D eigenvalue weighted by Crippen LogP contribution is 2.49. The van der Waals surface area contributed by atoms with E-state index in [-0.39, 0.29) is 17.1 Å². The maximum atomic E-state index is 11.7. The number of likely N-dealkylation sites (tertiary alicyclic amines) is 1. The van der Waals surface area contributed by atoms with Gasteiger partial charge in [-0.2, -0.15) is 0 Å². The predicted molar refractivity (Wildman–Crippen MR) is 59.2 cm³/mol. The third-order valence-corrected chi connectivity index (χ3v) is 4.14. The molecule has 1 unspecified atom stereocenters. The predicted octanol–water partition coefficient (Wildman–Crippen LogP) is 1.91. The summed E-state index contributed by atoms with van der Waals surface area (Å²) in [7, 11) is 0. The summed E-state index contributed by atoms with van der Waals surface area (Å²) in [5.41, 5.74) is 0.00475. The highest BCUT2D eigenvalue weighted by atomic mass is 16.4. The van der Waals surface area contributed by atoms with Gasteiger partial charge in [-0.15, -0.1) is 6.58 Å². The molecule has 0 aromatic carbocycles. The molecule has 2 aliphatic rings. The minimum Gasteiger partial charge on any atom is -0.465 e. The lowest BCUT2D eigenvalue weighted by atomic mass is 9.70. The lowest BCUT2D eigenvalue weighted by molar-refractivity contribution is -0.121. The van der Waals surface area contributed by atoms with Gasteiger partial charge in [0.1, 0.15) is 5.78 Å². The van der Waals surface area contributed by atoms with E-state index < -0.39 is 6.09 Å². The first-order valence-electron chi connectivity index (χ1n) is 5.72. The van der Waals surface area contributed by atoms with E-state index in [0.717, 1.165) is 19.3 Å². The number of hydrogen-bond acceptors (Lipinski definition) is 2. The molecule has 0 radical (unpaired) electrons. The summed E-state index contributed by atoms with van der Waals surface area (Å²) < 4.78 is 0. The van der Waals surface area contributed by atoms with Crippen LogP contribution in [0.3, 0.4) is 0 Å². The van der Waals surface area contributed by atoms with Crippen LogP contribution in [0.25, 0.3) is 0 Å². The van der Waals surface area contributed by atoms with E-state index in [0.29, 0.717) is 19.5 Å². The van der Waals surface area contributed by atoms with Gasteiger partial charge >= 0.3 is 6.09 Å². The Labute approximate surface area is 94.9 Å². The molecule has 4 nitrogen and oxygen atoms in total. The molecule has 1 saturated carbocycles. The minimum atomic E-state index is -0.852. The number of allylic oxidation sites excluding steroid dienone is 1. The number of Topliss-reactive ketones (excluding diaryl/α,β-unsaturated/α-hetero) is 1. The van der Waals surface area contributed by atoms with Crippen molar-refractivity contribution in [3.8, 4) is 0 Å². The van der Waals surface area contributed by atoms with E-state index in [2.05, 4.69) is 6.58 Å². The molecule has 1 aliphatic carbocycles. The van der Waals surface area contributed by atoms with Crippen molar-refractivity contribution >= 4 is 11.9 Å². The molecule has 88 valence electrons. The van der Waals surface area contributed by atoms with E-state index in [9.17, 15) is 9.59 Å². The van der Waals surface area contributed by atoms with Crippen molar-refractivity contribution in [1.82, 2.24) is 4.90 Å². The van der Waals surface area contributed by atoms with Gasteiger partial charge in [-0.1, -0.05) is 6.08 Å². The first kappa shape index (κ1) is 11.2. The van der Waals surface area contributed by atoms with Gasteiger partial charge < -0.3 is 10.0 Å². The van der Waals surface area contributed by atoms with E-state index in [1.165, 1.54) is 4.90 Å². The van der Waals surface area contributed by atoms with Crippen LogP contribution in [-0.2, 0) is 4.79 Å². The largest absolute Gasteiger partial charge is 0.465 e. The van der Waals surface area contributed by atoms with E-state index in [1.807, 2.05) is 0 Å². The van der Waals surface area contributed by atoms with Crippen LogP contribution < -0.4 is 0 Å². The Hall–Kier alpha value is -1.32. The number of amides is 1. The Morgan fingerprint density at radius 3 is 2.56 bits per heavy atom. The lowest BCUT2D eigenvalue weighted by Gasteiger charge is -2.40. The average molecular weight is 223 g/mol. The summed E-state index contributed by atoms with van der Waals surface area (Å²) in [4.78, 5) is 23.9. The number of nitrogens with zero attached hydrogens (tertiary/aromatic N) is 1. The Morgan fingerprint density at radius 2 is 2.06 bits per heavy atom. The quantitative estimate of drug-likeness (QED) is 0.691. The molecule has 1 heterocycles. The van der Waals surface area contributed by atoms with Crippen molar-refractivity contribution in [3.05, 3.63) is 12.7 Å². The van der Waals surface area contributed by atoms with Crippen LogP contribution >= 0.6 is 0 Å². The molecule has 1 saturated heterocycles. The zero-order chi connectivity index (χ0) is 11.8. The maximum Gasteiger partial charge on any atom is 0.407 e. The van der Waals surface area contributed by atoms with Crippen molar-refractivity contribution < 1.29 is 14.7 Å². The molecule has 0 aromatic rings. The standard InChI is InChI=1S/C12H17NO3/c1-2-9-10(14)3-4-12(9)5-7-13(8-6-12)11(15)16/h2,9H,1,3-8H2,(H,15,16). The average Bonchev–Trinajstić information content (AvgIpc) is 2.56. The minimum absolute atomic E-state index is 0.00475. The Kier molecular flexibility index (Phi) is 2.74. The van der Waals surface area contributed by atoms with Crippen molar-refractivity contribution in [1.29, 1.82) is 0 Å². The summed E-state index contributed by atoms with van der Waals surface area (Å²) in [6.45, 7) is 4.84. The van der Waals surface area contributed by atoms with Gasteiger partial charge in [0.15, 0.2) is 0 Å². The molecule has 2 rings (SSSR count). The molecular formula is C12H17NO3. The smallest absolute Gasteiger partial charge is 0.407 e. The number of hydrogen-bond donors (Lipinski definition) is 1. The van der Waals surface area contributed by atoms with Crippen LogP contribution in [0, 0.1) is 11.3 Å². The zero-order valence-electron chi connectivity index (χ0n) is 9.32. The van der Waals surface area contributed by atoms with Crippen molar-refractivity contribution in [3.63, 3.8) is 0 Å². The van der Waals surface area contributed by atoms with Crippen LogP contribution in [-0.4, -0.2) is 35.0 Å². The van der Waals surface area contributed by atoms with Crippen molar-refractivity contribution in [2.75, 3.05) is 13.1 Å². The second-order valence-electron chi connectivity index (χ2n) is 4.81. The second-order valence-corrected chi connectivity index (χ2v) is 4.81. The summed E-state index contributed by atoms with van der Waals surface area (Å²) in [6, 6.07) is 0. The molecule has 0 aromatic heterocycles. The molecule has 1 atom stereocenters. The number of carboxylic acid groups (broad SMARTS) is 1. The molecule has 16 heavy (non-hydrogen) atoms. The summed E-state index contributed by atoms with van der Waals surface area (Å²) in [6.07, 6.45) is 4.02. The van der Waals surface area contributed by atoms with Gasteiger partial charge in [0.25, 0.3) is 0 Å². The monoisotopic (exact) mass is 223 g/mol. The van der Waals surface area contributed by atoms with E-state index in [1.54, 1.807) is 6.08 Å². The third kappa shape index (κ3) is 1.62. The SMILES string of the molecule is C=CC1C(=O)CCC12CCN(C(=O)O)CC2. The second kappa shape index (κ2) is 3.92. The van der Waals surface area contributed by atoms with Gasteiger partial charge in [0.05, 0.1) is 0 Å². The van der Waals surface area contributed by atoms with Crippen LogP contribution in [0.15, 0.2) is 12.7 Å². The van der Waals surface area contributed by atoms with Crippen LogP contribution in [0.5, 0.6) is 0 Å². The summed E-state index contributed by atoms with van der Waals surface area (Å²) in [5.74, 6) is 0.224. The molecule has 1 N–H and O–H groups in total. The molecule has 2 fully saturated rings. The molecule has 0 bridgehead atoms. The zero-order valence-corrected chi connectivity index (χ0v) is 9.32. The molecule has 1 aliphatic heterocycles. The fraction of sp³-hybridized carbons (Fsp3) is 0.667. The summed E-state index contributed by atoms with van der Waals surface area (Å²) in [5, 5.41) is 8.88. The van der Waals surface area contributed by atoms with Crippen LogP contribution in [0.1, 0.15) is 25.7 Å². The van der Waals surface area contributed by atoms with Gasteiger partial charge in [-0.3, -0.25) is 4.79 Å². The first-order valence-corrected chi connectivity index (χ1v) is 5.72. The topological polar surface area (TPSA) is 57.6 Å². The van der Waals surface area contributed by atoms with Gasteiger partial charge in [0.2, 0.25) is 0 Å². The van der Waals surface area contributed by atoms with Crippen LogP contribution in [0.2, 0.25) is 0 Å². The fourth-order valence-electron chi connectivity index (χ4n) is 3.11.